The second kappa shape index (κ2) is 8.81. The van der Waals surface area contributed by atoms with Gasteiger partial charge in [-0.15, -0.1) is 0 Å². The third kappa shape index (κ3) is 5.05. The molecule has 1 aromatic rings. The van der Waals surface area contributed by atoms with E-state index in [0.29, 0.717) is 5.69 Å². The number of hydrogen-bond acceptors (Lipinski definition) is 2. The molecule has 1 fully saturated rings. The van der Waals surface area contributed by atoms with Gasteiger partial charge in [0, 0.05) is 12.2 Å². The molecule has 1 heterocycles. The summed E-state index contributed by atoms with van der Waals surface area (Å²) in [4.78, 5) is 23.7. The van der Waals surface area contributed by atoms with Crippen LogP contribution in [0.2, 0.25) is 0 Å². The summed E-state index contributed by atoms with van der Waals surface area (Å²) in [5.74, 6) is 1.54. The molecule has 2 atom stereocenters. The highest BCUT2D eigenvalue weighted by molar-refractivity contribution is 6.28. The molecule has 0 radical (unpaired) electrons. The fourth-order valence-electron chi connectivity index (χ4n) is 3.58. The lowest BCUT2D eigenvalue weighted by atomic mass is 9.80. The average Bonchev–Trinajstić information content (AvgIpc) is 2.88. The van der Waals surface area contributed by atoms with Crippen molar-refractivity contribution in [2.75, 3.05) is 4.90 Å². The average molecular weight is 327 g/mol. The molecule has 0 spiro atoms. The molecule has 2 amide bonds. The van der Waals surface area contributed by atoms with Crippen molar-refractivity contribution in [3.8, 4) is 0 Å². The van der Waals surface area contributed by atoms with Crippen LogP contribution in [0.15, 0.2) is 36.4 Å². The van der Waals surface area contributed by atoms with E-state index in [4.69, 9.17) is 0 Å². The van der Waals surface area contributed by atoms with E-state index in [2.05, 4.69) is 13.8 Å². The fourth-order valence-corrected chi connectivity index (χ4v) is 3.58. The first-order valence-electron chi connectivity index (χ1n) is 9.14. The third-order valence-corrected chi connectivity index (χ3v) is 4.84. The minimum atomic E-state index is -0.279. The SMILES string of the molecule is CCCC1CCCC(C)C1.Cc1ccc(N2C(=O)C=CC2=O)cc1. The number of benzene rings is 1. The maximum Gasteiger partial charge on any atom is 0.258 e. The molecule has 2 aliphatic rings. The monoisotopic (exact) mass is 327 g/mol. The Kier molecular flexibility index (Phi) is 6.77. The van der Waals surface area contributed by atoms with Crippen LogP contribution in [0.1, 0.15) is 57.9 Å². The van der Waals surface area contributed by atoms with E-state index in [9.17, 15) is 9.59 Å². The van der Waals surface area contributed by atoms with Crippen molar-refractivity contribution in [2.45, 2.75) is 59.3 Å². The Morgan fingerprint density at radius 1 is 1.04 bits per heavy atom. The van der Waals surface area contributed by atoms with Crippen molar-refractivity contribution in [3.63, 3.8) is 0 Å². The highest BCUT2D eigenvalue weighted by atomic mass is 16.2. The standard InChI is InChI=1S/C11H9NO2.C10H20/c1-8-2-4-9(5-3-8)12-10(13)6-7-11(12)14;1-3-5-10-7-4-6-9(2)8-10/h2-7H,1H3;9-10H,3-8H2,1-2H3. The maximum absolute atomic E-state index is 11.3. The lowest BCUT2D eigenvalue weighted by molar-refractivity contribution is -0.119. The van der Waals surface area contributed by atoms with Gasteiger partial charge in [0.25, 0.3) is 11.8 Å². The van der Waals surface area contributed by atoms with Crippen molar-refractivity contribution in [3.05, 3.63) is 42.0 Å². The molecule has 130 valence electrons. The minimum absolute atomic E-state index is 0.279. The summed E-state index contributed by atoms with van der Waals surface area (Å²) in [7, 11) is 0. The van der Waals surface area contributed by atoms with Gasteiger partial charge in [-0.25, -0.2) is 4.90 Å². The molecule has 3 nitrogen and oxygen atoms in total. The molecule has 24 heavy (non-hydrogen) atoms. The summed E-state index contributed by atoms with van der Waals surface area (Å²) in [5, 5.41) is 0. The van der Waals surface area contributed by atoms with E-state index in [1.807, 2.05) is 19.1 Å². The zero-order chi connectivity index (χ0) is 17.5. The smallest absolute Gasteiger partial charge is 0.258 e. The Morgan fingerprint density at radius 3 is 2.21 bits per heavy atom. The van der Waals surface area contributed by atoms with E-state index in [1.165, 1.54) is 50.7 Å². The Hall–Kier alpha value is -1.90. The normalized spacial score (nSPS) is 23.2. The summed E-state index contributed by atoms with van der Waals surface area (Å²) in [5.41, 5.74) is 1.72. The van der Waals surface area contributed by atoms with Gasteiger partial charge >= 0.3 is 0 Å². The van der Waals surface area contributed by atoms with Gasteiger partial charge in [-0.05, 0) is 37.3 Å². The Labute approximate surface area is 145 Å². The zero-order valence-electron chi connectivity index (χ0n) is 15.1. The summed E-state index contributed by atoms with van der Waals surface area (Å²) < 4.78 is 0. The molecule has 1 saturated carbocycles. The molecule has 1 aliphatic carbocycles. The van der Waals surface area contributed by atoms with Gasteiger partial charge in [-0.2, -0.15) is 0 Å². The predicted molar refractivity (Wildman–Crippen MR) is 98.8 cm³/mol. The molecule has 1 aromatic carbocycles. The topological polar surface area (TPSA) is 37.4 Å². The van der Waals surface area contributed by atoms with Crippen LogP contribution >= 0.6 is 0 Å². The van der Waals surface area contributed by atoms with Crippen LogP contribution in [0, 0.1) is 18.8 Å². The molecule has 0 bridgehead atoms. The van der Waals surface area contributed by atoms with Gasteiger partial charge in [-0.1, -0.05) is 63.6 Å². The number of amides is 2. The van der Waals surface area contributed by atoms with Crippen LogP contribution in [0.3, 0.4) is 0 Å². The van der Waals surface area contributed by atoms with Crippen LogP contribution in [-0.4, -0.2) is 11.8 Å². The number of rotatable bonds is 3. The van der Waals surface area contributed by atoms with E-state index in [-0.39, 0.29) is 11.8 Å². The lowest BCUT2D eigenvalue weighted by Crippen LogP contribution is -2.29. The molecular weight excluding hydrogens is 298 g/mol. The third-order valence-electron chi connectivity index (χ3n) is 4.84. The number of nitrogens with zero attached hydrogens (tertiary/aromatic N) is 1. The van der Waals surface area contributed by atoms with Crippen molar-refractivity contribution in [1.29, 1.82) is 0 Å². The molecular formula is C21H29NO2. The van der Waals surface area contributed by atoms with Crippen LogP contribution in [0.5, 0.6) is 0 Å². The first-order valence-corrected chi connectivity index (χ1v) is 9.14. The van der Waals surface area contributed by atoms with E-state index >= 15 is 0 Å². The van der Waals surface area contributed by atoms with Crippen molar-refractivity contribution in [2.24, 2.45) is 11.8 Å². The molecule has 3 heteroatoms. The fraction of sp³-hybridized carbons (Fsp3) is 0.524. The van der Waals surface area contributed by atoms with Gasteiger partial charge in [0.2, 0.25) is 0 Å². The Balaban J connectivity index is 0.000000185. The van der Waals surface area contributed by atoms with Gasteiger partial charge in [0.05, 0.1) is 5.69 Å². The number of aryl methyl sites for hydroxylation is 1. The summed E-state index contributed by atoms with van der Waals surface area (Å²) >= 11 is 0. The summed E-state index contributed by atoms with van der Waals surface area (Å²) in [6.45, 7) is 6.66. The van der Waals surface area contributed by atoms with Gasteiger partial charge in [0.15, 0.2) is 0 Å². The minimum Gasteiger partial charge on any atom is -0.269 e. The molecule has 0 saturated heterocycles. The summed E-state index contributed by atoms with van der Waals surface area (Å²) in [6.07, 6.45) is 11.4. The van der Waals surface area contributed by atoms with Gasteiger partial charge in [-0.3, -0.25) is 9.59 Å². The lowest BCUT2D eigenvalue weighted by Gasteiger charge is -2.26. The molecule has 2 unspecified atom stereocenters. The van der Waals surface area contributed by atoms with E-state index in [0.717, 1.165) is 22.3 Å². The maximum atomic E-state index is 11.3. The highest BCUT2D eigenvalue weighted by Gasteiger charge is 2.24. The largest absolute Gasteiger partial charge is 0.269 e. The van der Waals surface area contributed by atoms with Crippen LogP contribution in [0.25, 0.3) is 0 Å². The van der Waals surface area contributed by atoms with Crippen molar-refractivity contribution < 1.29 is 9.59 Å². The number of imide groups is 1. The molecule has 3 rings (SSSR count). The first kappa shape index (κ1) is 18.4. The number of anilines is 1. The quantitative estimate of drug-likeness (QED) is 0.730. The second-order valence-electron chi connectivity index (χ2n) is 7.11. The van der Waals surface area contributed by atoms with Crippen LogP contribution in [0.4, 0.5) is 5.69 Å². The van der Waals surface area contributed by atoms with E-state index in [1.54, 1.807) is 12.1 Å². The van der Waals surface area contributed by atoms with Crippen molar-refractivity contribution >= 4 is 17.5 Å². The second-order valence-corrected chi connectivity index (χ2v) is 7.11. The number of carbonyl (C=O) groups excluding carboxylic acids is 2. The van der Waals surface area contributed by atoms with Gasteiger partial charge in [0.1, 0.15) is 0 Å². The van der Waals surface area contributed by atoms with Gasteiger partial charge < -0.3 is 0 Å². The Bertz CT molecular complexity index is 568. The first-order chi connectivity index (χ1) is 11.5. The number of hydrogen-bond donors (Lipinski definition) is 0. The number of carbonyl (C=O) groups is 2. The predicted octanol–water partition coefficient (Wildman–Crippen LogP) is 5.04. The molecule has 0 N–H and O–H groups in total. The van der Waals surface area contributed by atoms with E-state index < -0.39 is 0 Å². The zero-order valence-corrected chi connectivity index (χ0v) is 15.1. The van der Waals surface area contributed by atoms with Crippen LogP contribution in [-0.2, 0) is 9.59 Å². The Morgan fingerprint density at radius 2 is 1.67 bits per heavy atom. The van der Waals surface area contributed by atoms with Crippen LogP contribution < -0.4 is 4.90 Å². The molecule has 0 aromatic heterocycles. The summed E-state index contributed by atoms with van der Waals surface area (Å²) in [6, 6.07) is 7.26. The highest BCUT2D eigenvalue weighted by Crippen LogP contribution is 2.31. The molecule has 1 aliphatic heterocycles. The van der Waals surface area contributed by atoms with Crippen molar-refractivity contribution in [1.82, 2.24) is 0 Å².